The number of benzene rings is 1. The van der Waals surface area contributed by atoms with Gasteiger partial charge >= 0.3 is 0 Å². The highest BCUT2D eigenvalue weighted by Gasteiger charge is 2.01. The molecule has 2 aromatic heterocycles. The van der Waals surface area contributed by atoms with E-state index in [1.165, 1.54) is 6.39 Å². The van der Waals surface area contributed by atoms with E-state index in [4.69, 9.17) is 4.42 Å². The molecule has 0 saturated heterocycles. The average molecular weight is 290 g/mol. The molecule has 3 rings (SSSR count). The summed E-state index contributed by atoms with van der Waals surface area (Å²) in [7, 11) is 0. The maximum atomic E-state index is 5.24. The SMILES string of the molecule is Brc1ccc(Nc2ccc3ncoc3c2)nc1. The number of fused-ring (bicyclic) bond motifs is 1. The van der Waals surface area contributed by atoms with Crippen molar-refractivity contribution in [2.75, 3.05) is 5.32 Å². The molecule has 3 aromatic rings. The van der Waals surface area contributed by atoms with Crippen LogP contribution in [0.3, 0.4) is 0 Å². The van der Waals surface area contributed by atoms with Gasteiger partial charge in [0.15, 0.2) is 12.0 Å². The molecule has 2 heterocycles. The van der Waals surface area contributed by atoms with Gasteiger partial charge < -0.3 is 9.73 Å². The summed E-state index contributed by atoms with van der Waals surface area (Å²) in [6.07, 6.45) is 3.18. The van der Waals surface area contributed by atoms with Crippen molar-refractivity contribution in [3.05, 3.63) is 47.4 Å². The lowest BCUT2D eigenvalue weighted by molar-refractivity contribution is 0.602. The summed E-state index contributed by atoms with van der Waals surface area (Å²) in [6, 6.07) is 9.57. The molecule has 17 heavy (non-hydrogen) atoms. The van der Waals surface area contributed by atoms with Gasteiger partial charge in [0.1, 0.15) is 11.3 Å². The van der Waals surface area contributed by atoms with Crippen LogP contribution in [0.5, 0.6) is 0 Å². The Labute approximate surface area is 106 Å². The Balaban J connectivity index is 1.91. The van der Waals surface area contributed by atoms with Gasteiger partial charge in [-0.3, -0.25) is 0 Å². The minimum absolute atomic E-state index is 0.757. The number of rotatable bonds is 2. The molecule has 0 bridgehead atoms. The van der Waals surface area contributed by atoms with Gasteiger partial charge in [-0.1, -0.05) is 0 Å². The summed E-state index contributed by atoms with van der Waals surface area (Å²) in [5.41, 5.74) is 2.52. The molecule has 0 atom stereocenters. The molecule has 0 unspecified atom stereocenters. The molecule has 0 saturated carbocycles. The first-order chi connectivity index (χ1) is 8.31. The van der Waals surface area contributed by atoms with Crippen LogP contribution in [-0.2, 0) is 0 Å². The van der Waals surface area contributed by atoms with Crippen LogP contribution >= 0.6 is 15.9 Å². The van der Waals surface area contributed by atoms with Crippen molar-refractivity contribution in [1.29, 1.82) is 0 Å². The first-order valence-electron chi connectivity index (χ1n) is 5.03. The zero-order valence-electron chi connectivity index (χ0n) is 8.72. The van der Waals surface area contributed by atoms with Gasteiger partial charge in [0, 0.05) is 22.4 Å². The molecule has 1 N–H and O–H groups in total. The predicted molar refractivity (Wildman–Crippen MR) is 69.2 cm³/mol. The minimum Gasteiger partial charge on any atom is -0.443 e. The quantitative estimate of drug-likeness (QED) is 0.781. The van der Waals surface area contributed by atoms with Crippen LogP contribution in [0.2, 0.25) is 0 Å². The fourth-order valence-corrected chi connectivity index (χ4v) is 1.77. The molecule has 0 aliphatic heterocycles. The molecule has 0 radical (unpaired) electrons. The summed E-state index contributed by atoms with van der Waals surface area (Å²) < 4.78 is 6.19. The fourth-order valence-electron chi connectivity index (χ4n) is 1.53. The second-order valence-electron chi connectivity index (χ2n) is 3.52. The predicted octanol–water partition coefficient (Wildman–Crippen LogP) is 3.73. The molecule has 0 aliphatic rings. The van der Waals surface area contributed by atoms with Crippen molar-refractivity contribution in [1.82, 2.24) is 9.97 Å². The Hall–Kier alpha value is -1.88. The largest absolute Gasteiger partial charge is 0.443 e. The third-order valence-corrected chi connectivity index (χ3v) is 2.80. The average Bonchev–Trinajstić information content (AvgIpc) is 2.79. The highest BCUT2D eigenvalue weighted by Crippen LogP contribution is 2.21. The maximum Gasteiger partial charge on any atom is 0.181 e. The van der Waals surface area contributed by atoms with Crippen molar-refractivity contribution >= 4 is 38.5 Å². The lowest BCUT2D eigenvalue weighted by Gasteiger charge is -2.04. The minimum atomic E-state index is 0.757. The number of nitrogens with zero attached hydrogens (tertiary/aromatic N) is 2. The van der Waals surface area contributed by atoms with E-state index >= 15 is 0 Å². The van der Waals surface area contributed by atoms with Crippen LogP contribution in [0.15, 0.2) is 51.8 Å². The van der Waals surface area contributed by atoms with Crippen LogP contribution in [0.25, 0.3) is 11.1 Å². The van der Waals surface area contributed by atoms with E-state index in [0.29, 0.717) is 0 Å². The number of hydrogen-bond acceptors (Lipinski definition) is 4. The topological polar surface area (TPSA) is 51.0 Å². The van der Waals surface area contributed by atoms with Gasteiger partial charge in [-0.05, 0) is 40.2 Å². The van der Waals surface area contributed by atoms with Crippen LogP contribution in [0, 0.1) is 0 Å². The maximum absolute atomic E-state index is 5.24. The number of anilines is 2. The molecular weight excluding hydrogens is 282 g/mol. The number of aromatic nitrogens is 2. The van der Waals surface area contributed by atoms with E-state index in [1.807, 2.05) is 30.3 Å². The van der Waals surface area contributed by atoms with E-state index in [1.54, 1.807) is 6.20 Å². The van der Waals surface area contributed by atoms with Crippen molar-refractivity contribution in [3.63, 3.8) is 0 Å². The molecule has 84 valence electrons. The Bertz CT molecular complexity index is 648. The first-order valence-corrected chi connectivity index (χ1v) is 5.82. The first kappa shape index (κ1) is 10.3. The van der Waals surface area contributed by atoms with Gasteiger partial charge in [0.25, 0.3) is 0 Å². The third-order valence-electron chi connectivity index (χ3n) is 2.33. The zero-order chi connectivity index (χ0) is 11.7. The molecule has 5 heteroatoms. The lowest BCUT2D eigenvalue weighted by atomic mass is 10.3. The highest BCUT2D eigenvalue weighted by molar-refractivity contribution is 9.10. The van der Waals surface area contributed by atoms with Crippen molar-refractivity contribution < 1.29 is 4.42 Å². The summed E-state index contributed by atoms with van der Waals surface area (Å²) in [6.45, 7) is 0. The summed E-state index contributed by atoms with van der Waals surface area (Å²) in [4.78, 5) is 8.30. The van der Waals surface area contributed by atoms with E-state index in [2.05, 4.69) is 31.2 Å². The smallest absolute Gasteiger partial charge is 0.181 e. The van der Waals surface area contributed by atoms with Crippen molar-refractivity contribution in [2.24, 2.45) is 0 Å². The molecule has 0 fully saturated rings. The fraction of sp³-hybridized carbons (Fsp3) is 0. The molecule has 0 aliphatic carbocycles. The number of pyridine rings is 1. The Morgan fingerprint density at radius 1 is 1.12 bits per heavy atom. The van der Waals surface area contributed by atoms with Gasteiger partial charge in [-0.25, -0.2) is 9.97 Å². The molecule has 4 nitrogen and oxygen atoms in total. The van der Waals surface area contributed by atoms with E-state index in [9.17, 15) is 0 Å². The number of hydrogen-bond donors (Lipinski definition) is 1. The molecular formula is C12H8BrN3O. The van der Waals surface area contributed by atoms with Crippen LogP contribution in [0.4, 0.5) is 11.5 Å². The van der Waals surface area contributed by atoms with E-state index < -0.39 is 0 Å². The molecule has 0 spiro atoms. The van der Waals surface area contributed by atoms with Crippen molar-refractivity contribution in [3.8, 4) is 0 Å². The van der Waals surface area contributed by atoms with Gasteiger partial charge in [0.05, 0.1) is 0 Å². The Kier molecular flexibility index (Phi) is 2.53. The monoisotopic (exact) mass is 289 g/mol. The van der Waals surface area contributed by atoms with Gasteiger partial charge in [0.2, 0.25) is 0 Å². The van der Waals surface area contributed by atoms with Gasteiger partial charge in [-0.2, -0.15) is 0 Å². The standard InChI is InChI=1S/C12H8BrN3O/c13-8-1-4-12(14-6-8)16-9-2-3-10-11(5-9)17-7-15-10/h1-7H,(H,14,16). The Morgan fingerprint density at radius 3 is 2.88 bits per heavy atom. The van der Waals surface area contributed by atoms with Crippen LogP contribution in [-0.4, -0.2) is 9.97 Å². The number of halogens is 1. The second kappa shape index (κ2) is 4.18. The number of nitrogens with one attached hydrogen (secondary N) is 1. The highest BCUT2D eigenvalue weighted by atomic mass is 79.9. The van der Waals surface area contributed by atoms with E-state index in [0.717, 1.165) is 27.1 Å². The summed E-state index contributed by atoms with van der Waals surface area (Å²) in [5, 5.41) is 3.19. The number of oxazole rings is 1. The zero-order valence-corrected chi connectivity index (χ0v) is 10.3. The molecule has 0 amide bonds. The molecule has 1 aromatic carbocycles. The Morgan fingerprint density at radius 2 is 2.06 bits per heavy atom. The van der Waals surface area contributed by atoms with E-state index in [-0.39, 0.29) is 0 Å². The lowest BCUT2D eigenvalue weighted by Crippen LogP contribution is -1.92. The van der Waals surface area contributed by atoms with Crippen LogP contribution in [0.1, 0.15) is 0 Å². The summed E-state index contributed by atoms with van der Waals surface area (Å²) >= 11 is 3.34. The van der Waals surface area contributed by atoms with Crippen molar-refractivity contribution in [2.45, 2.75) is 0 Å². The summed E-state index contributed by atoms with van der Waals surface area (Å²) in [5.74, 6) is 0.784. The third kappa shape index (κ3) is 2.14. The normalized spacial score (nSPS) is 10.6. The van der Waals surface area contributed by atoms with Gasteiger partial charge in [-0.15, -0.1) is 0 Å². The second-order valence-corrected chi connectivity index (χ2v) is 4.44. The van der Waals surface area contributed by atoms with Crippen LogP contribution < -0.4 is 5.32 Å².